The van der Waals surface area contributed by atoms with Crippen LogP contribution >= 0.6 is 11.3 Å². The molecule has 0 aliphatic heterocycles. The van der Waals surface area contributed by atoms with E-state index >= 15 is 0 Å². The lowest BCUT2D eigenvalue weighted by atomic mass is 9.91. The third-order valence-corrected chi connectivity index (χ3v) is 4.54. The molecule has 4 nitrogen and oxygen atoms in total. The maximum Gasteiger partial charge on any atom is 0.280 e. The molecule has 0 radical (unpaired) electrons. The van der Waals surface area contributed by atoms with E-state index in [0.717, 1.165) is 0 Å². The van der Waals surface area contributed by atoms with Crippen LogP contribution in [0.3, 0.4) is 0 Å². The van der Waals surface area contributed by atoms with Gasteiger partial charge in [-0.2, -0.15) is 0 Å². The predicted octanol–water partition coefficient (Wildman–Crippen LogP) is 3.27. The third-order valence-electron chi connectivity index (χ3n) is 3.56. The molecule has 1 heterocycles. The van der Waals surface area contributed by atoms with Crippen LogP contribution in [0.15, 0.2) is 72.1 Å². The summed E-state index contributed by atoms with van der Waals surface area (Å²) in [5, 5.41) is 12.9. The van der Waals surface area contributed by atoms with E-state index in [4.69, 9.17) is 0 Å². The standard InChI is InChI=1S/C18H15FN2O2S/c19-14-10-8-13(9-11-14)18(23,16-7-4-12-24-16)17(22)21-20-15-5-2-1-3-6-15/h1-12,20,23H,(H,21,22). The van der Waals surface area contributed by atoms with Crippen molar-refractivity contribution in [3.05, 3.63) is 88.4 Å². The number of hydrogen-bond acceptors (Lipinski definition) is 4. The number of amides is 1. The molecule has 3 N–H and O–H groups in total. The largest absolute Gasteiger partial charge is 0.371 e. The van der Waals surface area contributed by atoms with Crippen LogP contribution in [-0.2, 0) is 10.4 Å². The second-order valence-electron chi connectivity index (χ2n) is 5.14. The molecule has 0 bridgehead atoms. The number of hydrogen-bond donors (Lipinski definition) is 3. The van der Waals surface area contributed by atoms with Crippen molar-refractivity contribution in [2.24, 2.45) is 0 Å². The number of para-hydroxylation sites is 1. The zero-order chi connectivity index (χ0) is 17.0. The van der Waals surface area contributed by atoms with E-state index in [-0.39, 0.29) is 0 Å². The van der Waals surface area contributed by atoms with Crippen LogP contribution in [0.1, 0.15) is 10.4 Å². The number of aliphatic hydroxyl groups is 1. The number of anilines is 1. The molecule has 24 heavy (non-hydrogen) atoms. The normalized spacial score (nSPS) is 13.1. The number of halogens is 1. The van der Waals surface area contributed by atoms with Crippen molar-refractivity contribution in [2.45, 2.75) is 5.60 Å². The van der Waals surface area contributed by atoms with Gasteiger partial charge < -0.3 is 5.11 Å². The molecule has 1 aromatic heterocycles. The minimum absolute atomic E-state index is 0.290. The highest BCUT2D eigenvalue weighted by Crippen LogP contribution is 2.33. The van der Waals surface area contributed by atoms with Gasteiger partial charge >= 0.3 is 0 Å². The molecule has 6 heteroatoms. The monoisotopic (exact) mass is 342 g/mol. The fourth-order valence-corrected chi connectivity index (χ4v) is 3.14. The van der Waals surface area contributed by atoms with Crippen LogP contribution in [-0.4, -0.2) is 11.0 Å². The zero-order valence-corrected chi connectivity index (χ0v) is 13.4. The molecule has 3 aromatic rings. The maximum absolute atomic E-state index is 13.2. The fourth-order valence-electron chi connectivity index (χ4n) is 2.30. The first-order valence-corrected chi connectivity index (χ1v) is 8.12. The lowest BCUT2D eigenvalue weighted by molar-refractivity contribution is -0.135. The summed E-state index contributed by atoms with van der Waals surface area (Å²) in [6, 6.07) is 17.7. The van der Waals surface area contributed by atoms with Crippen molar-refractivity contribution in [1.82, 2.24) is 5.43 Å². The van der Waals surface area contributed by atoms with Crippen LogP contribution in [0.5, 0.6) is 0 Å². The predicted molar refractivity (Wildman–Crippen MR) is 91.9 cm³/mol. The Morgan fingerprint density at radius 2 is 1.71 bits per heavy atom. The van der Waals surface area contributed by atoms with E-state index in [0.29, 0.717) is 16.1 Å². The molecule has 0 aliphatic carbocycles. The quantitative estimate of drug-likeness (QED) is 0.624. The smallest absolute Gasteiger partial charge is 0.280 e. The number of hydrazine groups is 1. The molecule has 0 fully saturated rings. The van der Waals surface area contributed by atoms with Gasteiger partial charge in [-0.1, -0.05) is 36.4 Å². The summed E-state index contributed by atoms with van der Waals surface area (Å²) in [4.78, 5) is 13.2. The average Bonchev–Trinajstić information content (AvgIpc) is 3.15. The van der Waals surface area contributed by atoms with Crippen molar-refractivity contribution in [3.8, 4) is 0 Å². The summed E-state index contributed by atoms with van der Waals surface area (Å²) >= 11 is 1.25. The Morgan fingerprint density at radius 1 is 1.00 bits per heavy atom. The molecule has 2 aromatic carbocycles. The van der Waals surface area contributed by atoms with Crippen molar-refractivity contribution in [1.29, 1.82) is 0 Å². The van der Waals surface area contributed by atoms with Crippen LogP contribution in [0.25, 0.3) is 0 Å². The molecule has 1 amide bonds. The third kappa shape index (κ3) is 3.15. The van der Waals surface area contributed by atoms with Crippen LogP contribution in [0.2, 0.25) is 0 Å². The number of rotatable bonds is 5. The second-order valence-corrected chi connectivity index (χ2v) is 6.09. The van der Waals surface area contributed by atoms with Gasteiger partial charge in [0.2, 0.25) is 5.60 Å². The average molecular weight is 342 g/mol. The number of carbonyl (C=O) groups is 1. The van der Waals surface area contributed by atoms with Gasteiger partial charge in [-0.3, -0.25) is 15.6 Å². The highest BCUT2D eigenvalue weighted by atomic mass is 32.1. The van der Waals surface area contributed by atoms with Crippen molar-refractivity contribution in [3.63, 3.8) is 0 Å². The Hall–Kier alpha value is -2.70. The Morgan fingerprint density at radius 3 is 2.33 bits per heavy atom. The van der Waals surface area contributed by atoms with Gasteiger partial charge in [-0.05, 0) is 41.3 Å². The molecule has 1 unspecified atom stereocenters. The number of carbonyl (C=O) groups excluding carboxylic acids is 1. The van der Waals surface area contributed by atoms with E-state index in [1.165, 1.54) is 35.6 Å². The van der Waals surface area contributed by atoms with Crippen LogP contribution in [0, 0.1) is 5.82 Å². The Balaban J connectivity index is 1.90. The molecule has 3 rings (SSSR count). The van der Waals surface area contributed by atoms with Gasteiger partial charge in [-0.25, -0.2) is 4.39 Å². The van der Waals surface area contributed by atoms with Crippen molar-refractivity contribution in [2.75, 3.05) is 5.43 Å². The molecule has 0 spiro atoms. The fraction of sp³-hybridized carbons (Fsp3) is 0.0556. The topological polar surface area (TPSA) is 61.4 Å². The maximum atomic E-state index is 13.2. The summed E-state index contributed by atoms with van der Waals surface area (Å²) in [5.74, 6) is -1.09. The molecule has 0 saturated carbocycles. The van der Waals surface area contributed by atoms with Gasteiger partial charge in [0.1, 0.15) is 5.82 Å². The SMILES string of the molecule is O=C(NNc1ccccc1)C(O)(c1ccc(F)cc1)c1cccs1. The summed E-state index contributed by atoms with van der Waals surface area (Å²) in [6.45, 7) is 0. The van der Waals surface area contributed by atoms with Gasteiger partial charge in [-0.15, -0.1) is 11.3 Å². The summed E-state index contributed by atoms with van der Waals surface area (Å²) in [7, 11) is 0. The lowest BCUT2D eigenvalue weighted by Crippen LogP contribution is -2.47. The zero-order valence-electron chi connectivity index (χ0n) is 12.6. The highest BCUT2D eigenvalue weighted by molar-refractivity contribution is 7.10. The van der Waals surface area contributed by atoms with E-state index in [1.807, 2.05) is 18.2 Å². The van der Waals surface area contributed by atoms with E-state index in [9.17, 15) is 14.3 Å². The Kier molecular flexibility index (Phi) is 4.59. The minimum atomic E-state index is -1.91. The van der Waals surface area contributed by atoms with Gasteiger partial charge in [0.15, 0.2) is 0 Å². The summed E-state index contributed by atoms with van der Waals surface area (Å²) < 4.78 is 13.2. The lowest BCUT2D eigenvalue weighted by Gasteiger charge is -2.26. The highest BCUT2D eigenvalue weighted by Gasteiger charge is 2.41. The Bertz CT molecular complexity index is 807. The van der Waals surface area contributed by atoms with Gasteiger partial charge in [0, 0.05) is 0 Å². The van der Waals surface area contributed by atoms with Crippen LogP contribution in [0.4, 0.5) is 10.1 Å². The summed E-state index contributed by atoms with van der Waals surface area (Å²) in [5.41, 5.74) is 4.34. The van der Waals surface area contributed by atoms with E-state index in [2.05, 4.69) is 10.9 Å². The van der Waals surface area contributed by atoms with Crippen molar-refractivity contribution < 1.29 is 14.3 Å². The molecule has 0 aliphatic rings. The number of thiophene rings is 1. The van der Waals surface area contributed by atoms with Crippen molar-refractivity contribution >= 4 is 22.9 Å². The number of nitrogens with one attached hydrogen (secondary N) is 2. The molecule has 1 atom stereocenters. The first-order chi connectivity index (χ1) is 11.6. The van der Waals surface area contributed by atoms with E-state index in [1.54, 1.807) is 29.6 Å². The Labute approximate surface area is 142 Å². The molecular formula is C18H15FN2O2S. The molecule has 0 saturated heterocycles. The number of benzene rings is 2. The molecule has 122 valence electrons. The minimum Gasteiger partial charge on any atom is -0.371 e. The van der Waals surface area contributed by atoms with Crippen LogP contribution < -0.4 is 10.9 Å². The second kappa shape index (κ2) is 6.82. The first-order valence-electron chi connectivity index (χ1n) is 7.24. The van der Waals surface area contributed by atoms with Gasteiger partial charge in [0.05, 0.1) is 10.6 Å². The van der Waals surface area contributed by atoms with Gasteiger partial charge in [0.25, 0.3) is 5.91 Å². The van der Waals surface area contributed by atoms with E-state index < -0.39 is 17.3 Å². The molecular weight excluding hydrogens is 327 g/mol. The first kappa shape index (κ1) is 16.2. The summed E-state index contributed by atoms with van der Waals surface area (Å²) in [6.07, 6.45) is 0.